The number of hydrogen-bond donors (Lipinski definition) is 2. The highest BCUT2D eigenvalue weighted by molar-refractivity contribution is 6.32. The van der Waals surface area contributed by atoms with Gasteiger partial charge >= 0.3 is 6.18 Å². The molecule has 0 aliphatic heterocycles. The van der Waals surface area contributed by atoms with Gasteiger partial charge in [0.05, 0.1) is 16.3 Å². The molecule has 0 spiro atoms. The molecule has 1 aliphatic rings. The van der Waals surface area contributed by atoms with Gasteiger partial charge in [-0.1, -0.05) is 17.7 Å². The number of aromatic nitrogens is 3. The van der Waals surface area contributed by atoms with E-state index in [-0.39, 0.29) is 45.9 Å². The Morgan fingerprint density at radius 1 is 1.17 bits per heavy atom. The van der Waals surface area contributed by atoms with Gasteiger partial charge in [0.1, 0.15) is 5.69 Å². The molecule has 36 heavy (non-hydrogen) atoms. The van der Waals surface area contributed by atoms with Gasteiger partial charge in [-0.2, -0.15) is 18.3 Å². The van der Waals surface area contributed by atoms with Crippen LogP contribution in [0.25, 0.3) is 5.82 Å². The molecule has 12 heteroatoms. The molecule has 0 saturated carbocycles. The number of fused-ring (bicyclic) bond motifs is 1. The average molecular weight is 520 g/mol. The van der Waals surface area contributed by atoms with Crippen LogP contribution in [0.1, 0.15) is 68.3 Å². The predicted octanol–water partition coefficient (Wildman–Crippen LogP) is 4.77. The third-order valence-electron chi connectivity index (χ3n) is 5.56. The van der Waals surface area contributed by atoms with E-state index >= 15 is 0 Å². The van der Waals surface area contributed by atoms with Crippen molar-refractivity contribution in [2.75, 3.05) is 5.32 Å². The fraction of sp³-hybridized carbons (Fsp3) is 0.292. The number of hydrogen-bond acceptors (Lipinski definition) is 5. The van der Waals surface area contributed by atoms with Crippen LogP contribution in [-0.2, 0) is 12.6 Å². The molecule has 8 nitrogen and oxygen atoms in total. The van der Waals surface area contributed by atoms with Crippen molar-refractivity contribution in [2.45, 2.75) is 45.8 Å². The van der Waals surface area contributed by atoms with Crippen LogP contribution in [0.15, 0.2) is 30.5 Å². The Bertz CT molecular complexity index is 1400. The third-order valence-corrected chi connectivity index (χ3v) is 5.86. The zero-order valence-electron chi connectivity index (χ0n) is 19.5. The molecule has 188 valence electrons. The third kappa shape index (κ3) is 4.70. The maximum Gasteiger partial charge on any atom is 0.435 e. The number of Topliss-reactive ketones (excluding diaryl/α,β-unsaturated/α-hetero) is 1. The van der Waals surface area contributed by atoms with Gasteiger partial charge in [0.2, 0.25) is 0 Å². The molecular formula is C24H21ClF3N5O3. The molecule has 4 rings (SSSR count). The quantitative estimate of drug-likeness (QED) is 0.505. The number of nitrogens with zero attached hydrogens (tertiary/aromatic N) is 3. The summed E-state index contributed by atoms with van der Waals surface area (Å²) in [5, 5.41) is 8.75. The van der Waals surface area contributed by atoms with Crippen LogP contribution in [0.5, 0.6) is 0 Å². The summed E-state index contributed by atoms with van der Waals surface area (Å²) in [5.41, 5.74) is -0.477. The number of aryl methyl sites for hydroxylation is 2. The van der Waals surface area contributed by atoms with Crippen LogP contribution in [0.4, 0.5) is 18.9 Å². The lowest BCUT2D eigenvalue weighted by Crippen LogP contribution is -2.32. The molecule has 0 saturated heterocycles. The van der Waals surface area contributed by atoms with Crippen LogP contribution in [0, 0.1) is 6.92 Å². The molecular weight excluding hydrogens is 499 g/mol. The number of rotatable bonds is 5. The second-order valence-electron chi connectivity index (χ2n) is 8.62. The summed E-state index contributed by atoms with van der Waals surface area (Å²) in [6.45, 7) is 5.11. The summed E-state index contributed by atoms with van der Waals surface area (Å²) >= 11 is 6.11. The molecule has 2 aromatic heterocycles. The highest BCUT2D eigenvalue weighted by atomic mass is 35.5. The van der Waals surface area contributed by atoms with Gasteiger partial charge in [-0.3, -0.25) is 14.4 Å². The maximum atomic E-state index is 13.5. The topological polar surface area (TPSA) is 106 Å². The highest BCUT2D eigenvalue weighted by Crippen LogP contribution is 2.35. The SMILES string of the molecule is Cc1cc2c(c(C(=O)NC(C)C)c1NC(=O)c1cc(C(F)(F)F)nn1-c1ncccc1Cl)C(=O)CC2. The molecule has 1 aromatic carbocycles. The van der Waals surface area contributed by atoms with E-state index in [9.17, 15) is 27.6 Å². The van der Waals surface area contributed by atoms with Crippen molar-refractivity contribution in [3.05, 3.63) is 69.1 Å². The molecule has 0 unspecified atom stereocenters. The first-order valence-corrected chi connectivity index (χ1v) is 11.4. The molecule has 0 fully saturated rings. The van der Waals surface area contributed by atoms with Crippen LogP contribution < -0.4 is 10.6 Å². The minimum atomic E-state index is -4.85. The molecule has 2 amide bonds. The van der Waals surface area contributed by atoms with E-state index in [1.165, 1.54) is 18.3 Å². The summed E-state index contributed by atoms with van der Waals surface area (Å²) in [6.07, 6.45) is -2.89. The minimum Gasteiger partial charge on any atom is -0.350 e. The molecule has 0 atom stereocenters. The van der Waals surface area contributed by atoms with Crippen molar-refractivity contribution in [3.63, 3.8) is 0 Å². The lowest BCUT2D eigenvalue weighted by molar-refractivity contribution is -0.141. The molecule has 3 aromatic rings. The summed E-state index contributed by atoms with van der Waals surface area (Å²) in [5.74, 6) is -2.00. The first kappa shape index (κ1) is 25.4. The van der Waals surface area contributed by atoms with E-state index in [2.05, 4.69) is 20.7 Å². The zero-order valence-corrected chi connectivity index (χ0v) is 20.2. The van der Waals surface area contributed by atoms with E-state index in [4.69, 9.17) is 11.6 Å². The van der Waals surface area contributed by atoms with E-state index in [1.807, 2.05) is 0 Å². The molecule has 0 radical (unpaired) electrons. The van der Waals surface area contributed by atoms with Crippen LogP contribution in [0.2, 0.25) is 5.02 Å². The van der Waals surface area contributed by atoms with Gasteiger partial charge in [-0.15, -0.1) is 0 Å². The number of halogens is 4. The van der Waals surface area contributed by atoms with Gasteiger partial charge in [-0.05, 0) is 50.5 Å². The van der Waals surface area contributed by atoms with Crippen molar-refractivity contribution >= 4 is 34.9 Å². The first-order valence-electron chi connectivity index (χ1n) is 11.0. The van der Waals surface area contributed by atoms with Crippen molar-refractivity contribution in [3.8, 4) is 5.82 Å². The number of carbonyl (C=O) groups is 3. The predicted molar refractivity (Wildman–Crippen MR) is 126 cm³/mol. The van der Waals surface area contributed by atoms with E-state index in [0.717, 1.165) is 0 Å². The number of pyridine rings is 1. The van der Waals surface area contributed by atoms with Crippen molar-refractivity contribution in [2.24, 2.45) is 0 Å². The van der Waals surface area contributed by atoms with E-state index < -0.39 is 29.4 Å². The second kappa shape index (κ2) is 9.38. The summed E-state index contributed by atoms with van der Waals surface area (Å²) in [7, 11) is 0. The Balaban J connectivity index is 1.85. The smallest absolute Gasteiger partial charge is 0.350 e. The average Bonchev–Trinajstić information content (AvgIpc) is 3.38. The lowest BCUT2D eigenvalue weighted by atomic mass is 9.95. The highest BCUT2D eigenvalue weighted by Gasteiger charge is 2.37. The summed E-state index contributed by atoms with van der Waals surface area (Å²) < 4.78 is 41.2. The number of alkyl halides is 3. The maximum absolute atomic E-state index is 13.5. The summed E-state index contributed by atoms with van der Waals surface area (Å²) in [4.78, 5) is 43.1. The van der Waals surface area contributed by atoms with Gasteiger partial charge < -0.3 is 10.6 Å². The van der Waals surface area contributed by atoms with Crippen molar-refractivity contribution in [1.29, 1.82) is 0 Å². The zero-order chi connectivity index (χ0) is 26.4. The minimum absolute atomic E-state index is 0.0208. The fourth-order valence-electron chi connectivity index (χ4n) is 4.05. The Kier molecular flexibility index (Phi) is 6.61. The number of anilines is 1. The Morgan fingerprint density at radius 2 is 1.89 bits per heavy atom. The second-order valence-corrected chi connectivity index (χ2v) is 9.02. The van der Waals surface area contributed by atoms with Gasteiger partial charge in [0.25, 0.3) is 11.8 Å². The van der Waals surface area contributed by atoms with Gasteiger partial charge in [0, 0.05) is 30.3 Å². The van der Waals surface area contributed by atoms with Crippen LogP contribution in [0.3, 0.4) is 0 Å². The Hall–Kier alpha value is -3.73. The van der Waals surface area contributed by atoms with E-state index in [1.54, 1.807) is 26.8 Å². The fourth-order valence-corrected chi connectivity index (χ4v) is 4.25. The van der Waals surface area contributed by atoms with Crippen molar-refractivity contribution in [1.82, 2.24) is 20.1 Å². The monoisotopic (exact) mass is 519 g/mol. The molecule has 1 aliphatic carbocycles. The van der Waals surface area contributed by atoms with Crippen LogP contribution in [-0.4, -0.2) is 38.4 Å². The standard InChI is InChI=1S/C24H21ClF3N5O3/c1-11(2)30-23(36)19-18-13(6-7-16(18)34)9-12(3)20(19)31-22(35)15-10-17(24(26,27)28)32-33(15)21-14(25)5-4-8-29-21/h4-5,8-11H,6-7H2,1-3H3,(H,30,36)(H,31,35). The summed E-state index contributed by atoms with van der Waals surface area (Å²) in [6, 6.07) is 4.86. The van der Waals surface area contributed by atoms with E-state index in [0.29, 0.717) is 28.3 Å². The number of nitrogens with one attached hydrogen (secondary N) is 2. The Labute approximate surface area is 208 Å². The number of amides is 2. The first-order chi connectivity index (χ1) is 16.9. The Morgan fingerprint density at radius 3 is 2.53 bits per heavy atom. The van der Waals surface area contributed by atoms with Gasteiger partial charge in [0.15, 0.2) is 17.3 Å². The normalized spacial score (nSPS) is 13.2. The van der Waals surface area contributed by atoms with Crippen molar-refractivity contribution < 1.29 is 27.6 Å². The molecule has 2 heterocycles. The lowest BCUT2D eigenvalue weighted by Gasteiger charge is -2.19. The van der Waals surface area contributed by atoms with Gasteiger partial charge in [-0.25, -0.2) is 9.67 Å². The number of carbonyl (C=O) groups excluding carboxylic acids is 3. The van der Waals surface area contributed by atoms with Crippen LogP contribution >= 0.6 is 11.6 Å². The number of benzene rings is 1. The largest absolute Gasteiger partial charge is 0.435 e. The number of ketones is 1. The molecule has 2 N–H and O–H groups in total. The molecule has 0 bridgehead atoms.